The van der Waals surface area contributed by atoms with Gasteiger partial charge >= 0.3 is 5.97 Å². The standard InChI is InChI=1S/C12H24N2O2/c1-2-4-10-5-3-7-14(8-6-10)9-11(13)12(15)16/h10-11H,2-9,13H2,1H3,(H,15,16). The first-order chi connectivity index (χ1) is 7.63. The quantitative estimate of drug-likeness (QED) is 0.744. The van der Waals surface area contributed by atoms with Crippen LogP contribution in [0.3, 0.4) is 0 Å². The summed E-state index contributed by atoms with van der Waals surface area (Å²) in [4.78, 5) is 12.9. The Balaban J connectivity index is 2.32. The number of hydrogen-bond donors (Lipinski definition) is 2. The van der Waals surface area contributed by atoms with Crippen LogP contribution in [0.2, 0.25) is 0 Å². The molecule has 3 N–H and O–H groups in total. The molecule has 1 saturated heterocycles. The number of rotatable bonds is 5. The highest BCUT2D eigenvalue weighted by atomic mass is 16.4. The third kappa shape index (κ3) is 4.49. The Bertz CT molecular complexity index is 221. The van der Waals surface area contributed by atoms with Crippen LogP contribution < -0.4 is 5.73 Å². The van der Waals surface area contributed by atoms with Crippen molar-refractivity contribution >= 4 is 5.97 Å². The molecule has 2 atom stereocenters. The molecule has 4 heteroatoms. The number of aliphatic carboxylic acids is 1. The monoisotopic (exact) mass is 228 g/mol. The van der Waals surface area contributed by atoms with Crippen LogP contribution in [0, 0.1) is 5.92 Å². The summed E-state index contributed by atoms with van der Waals surface area (Å²) < 4.78 is 0. The van der Waals surface area contributed by atoms with E-state index in [-0.39, 0.29) is 0 Å². The van der Waals surface area contributed by atoms with Crippen LogP contribution in [0.4, 0.5) is 0 Å². The zero-order valence-corrected chi connectivity index (χ0v) is 10.2. The second-order valence-corrected chi connectivity index (χ2v) is 4.83. The van der Waals surface area contributed by atoms with E-state index in [4.69, 9.17) is 10.8 Å². The van der Waals surface area contributed by atoms with Gasteiger partial charge in [0.05, 0.1) is 0 Å². The number of nitrogens with two attached hydrogens (primary N) is 1. The molecular formula is C12H24N2O2. The minimum absolute atomic E-state index is 0.494. The maximum Gasteiger partial charge on any atom is 0.321 e. The van der Waals surface area contributed by atoms with E-state index in [1.165, 1.54) is 32.1 Å². The third-order valence-corrected chi connectivity index (χ3v) is 3.41. The molecule has 0 aromatic heterocycles. The average Bonchev–Trinajstić information content (AvgIpc) is 2.44. The number of hydrogen-bond acceptors (Lipinski definition) is 3. The summed E-state index contributed by atoms with van der Waals surface area (Å²) >= 11 is 0. The van der Waals surface area contributed by atoms with E-state index >= 15 is 0 Å². The minimum atomic E-state index is -0.894. The summed E-state index contributed by atoms with van der Waals surface area (Å²) in [7, 11) is 0. The van der Waals surface area contributed by atoms with Crippen molar-refractivity contribution in [3.63, 3.8) is 0 Å². The van der Waals surface area contributed by atoms with Crippen LogP contribution in [0.15, 0.2) is 0 Å². The molecule has 0 radical (unpaired) electrons. The van der Waals surface area contributed by atoms with Gasteiger partial charge in [0.25, 0.3) is 0 Å². The van der Waals surface area contributed by atoms with Gasteiger partial charge in [0.1, 0.15) is 6.04 Å². The van der Waals surface area contributed by atoms with E-state index in [0.717, 1.165) is 19.0 Å². The van der Waals surface area contributed by atoms with Crippen molar-refractivity contribution in [2.24, 2.45) is 11.7 Å². The molecule has 0 aliphatic carbocycles. The third-order valence-electron chi connectivity index (χ3n) is 3.41. The van der Waals surface area contributed by atoms with E-state index in [9.17, 15) is 4.79 Å². The molecule has 16 heavy (non-hydrogen) atoms. The molecule has 1 fully saturated rings. The van der Waals surface area contributed by atoms with E-state index in [1.807, 2.05) is 0 Å². The lowest BCUT2D eigenvalue weighted by Crippen LogP contribution is -2.43. The van der Waals surface area contributed by atoms with Crippen LogP contribution in [-0.4, -0.2) is 41.7 Å². The predicted molar refractivity (Wildman–Crippen MR) is 64.3 cm³/mol. The van der Waals surface area contributed by atoms with Crippen LogP contribution in [0.5, 0.6) is 0 Å². The van der Waals surface area contributed by atoms with Gasteiger partial charge in [-0.2, -0.15) is 0 Å². The van der Waals surface area contributed by atoms with Crippen molar-refractivity contribution in [3.8, 4) is 0 Å². The lowest BCUT2D eigenvalue weighted by Gasteiger charge is -2.21. The van der Waals surface area contributed by atoms with Crippen LogP contribution in [0.25, 0.3) is 0 Å². The highest BCUT2D eigenvalue weighted by molar-refractivity contribution is 5.73. The van der Waals surface area contributed by atoms with Crippen LogP contribution in [0.1, 0.15) is 39.0 Å². The Morgan fingerprint density at radius 1 is 1.50 bits per heavy atom. The van der Waals surface area contributed by atoms with Gasteiger partial charge in [-0.05, 0) is 38.3 Å². The maximum absolute atomic E-state index is 10.7. The summed E-state index contributed by atoms with van der Waals surface area (Å²) in [6, 6.07) is -0.734. The van der Waals surface area contributed by atoms with Crippen molar-refractivity contribution in [1.29, 1.82) is 0 Å². The summed E-state index contributed by atoms with van der Waals surface area (Å²) in [5, 5.41) is 8.77. The normalized spacial score (nSPS) is 25.0. The SMILES string of the molecule is CCCC1CCCN(CC(N)C(=O)O)CC1. The molecule has 0 bridgehead atoms. The Morgan fingerprint density at radius 2 is 2.25 bits per heavy atom. The Hall–Kier alpha value is -0.610. The number of carboxylic acid groups (broad SMARTS) is 1. The average molecular weight is 228 g/mol. The van der Waals surface area contributed by atoms with Crippen molar-refractivity contribution in [1.82, 2.24) is 4.90 Å². The largest absolute Gasteiger partial charge is 0.480 e. The van der Waals surface area contributed by atoms with Gasteiger partial charge in [0, 0.05) is 6.54 Å². The van der Waals surface area contributed by atoms with Crippen molar-refractivity contribution in [2.75, 3.05) is 19.6 Å². The first kappa shape index (κ1) is 13.5. The van der Waals surface area contributed by atoms with Gasteiger partial charge < -0.3 is 15.7 Å². The molecule has 0 amide bonds. The molecule has 1 aliphatic heterocycles. The lowest BCUT2D eigenvalue weighted by molar-refractivity contribution is -0.139. The van der Waals surface area contributed by atoms with Gasteiger partial charge in [-0.15, -0.1) is 0 Å². The molecule has 0 aromatic rings. The number of carbonyl (C=O) groups is 1. The van der Waals surface area contributed by atoms with E-state index in [0.29, 0.717) is 6.54 Å². The fraction of sp³-hybridized carbons (Fsp3) is 0.917. The molecule has 1 aliphatic rings. The number of likely N-dealkylation sites (tertiary alicyclic amines) is 1. The van der Waals surface area contributed by atoms with Gasteiger partial charge in [0.2, 0.25) is 0 Å². The fourth-order valence-corrected chi connectivity index (χ4v) is 2.46. The second-order valence-electron chi connectivity index (χ2n) is 4.83. The first-order valence-corrected chi connectivity index (χ1v) is 6.34. The van der Waals surface area contributed by atoms with E-state index in [2.05, 4.69) is 11.8 Å². The van der Waals surface area contributed by atoms with Gasteiger partial charge in [-0.3, -0.25) is 4.79 Å². The molecule has 0 spiro atoms. The first-order valence-electron chi connectivity index (χ1n) is 6.34. The highest BCUT2D eigenvalue weighted by Gasteiger charge is 2.20. The predicted octanol–water partition coefficient (Wildman–Crippen LogP) is 1.30. The molecule has 2 unspecified atom stereocenters. The van der Waals surface area contributed by atoms with Gasteiger partial charge in [0.15, 0.2) is 0 Å². The molecule has 0 saturated carbocycles. The molecule has 0 aromatic carbocycles. The van der Waals surface area contributed by atoms with Crippen molar-refractivity contribution < 1.29 is 9.90 Å². The molecule has 1 rings (SSSR count). The molecule has 4 nitrogen and oxygen atoms in total. The summed E-state index contributed by atoms with van der Waals surface area (Å²) in [6.07, 6.45) is 6.21. The Morgan fingerprint density at radius 3 is 2.88 bits per heavy atom. The Kier molecular flexibility index (Phi) is 5.77. The zero-order valence-electron chi connectivity index (χ0n) is 10.2. The molecular weight excluding hydrogens is 204 g/mol. The zero-order chi connectivity index (χ0) is 12.0. The van der Waals surface area contributed by atoms with Gasteiger partial charge in [-0.1, -0.05) is 19.8 Å². The Labute approximate surface area is 97.8 Å². The van der Waals surface area contributed by atoms with Crippen molar-refractivity contribution in [3.05, 3.63) is 0 Å². The molecule has 94 valence electrons. The fourth-order valence-electron chi connectivity index (χ4n) is 2.46. The van der Waals surface area contributed by atoms with Crippen LogP contribution >= 0.6 is 0 Å². The summed E-state index contributed by atoms with van der Waals surface area (Å²) in [5.74, 6) is -0.0644. The van der Waals surface area contributed by atoms with Gasteiger partial charge in [-0.25, -0.2) is 0 Å². The van der Waals surface area contributed by atoms with Crippen LogP contribution in [-0.2, 0) is 4.79 Å². The number of nitrogens with zero attached hydrogens (tertiary/aromatic N) is 1. The van der Waals surface area contributed by atoms with Crippen molar-refractivity contribution in [2.45, 2.75) is 45.1 Å². The number of carboxylic acids is 1. The van der Waals surface area contributed by atoms with E-state index < -0.39 is 12.0 Å². The topological polar surface area (TPSA) is 66.6 Å². The second kappa shape index (κ2) is 6.86. The lowest BCUT2D eigenvalue weighted by atomic mass is 9.96. The summed E-state index contributed by atoms with van der Waals surface area (Å²) in [6.45, 7) is 4.73. The minimum Gasteiger partial charge on any atom is -0.480 e. The maximum atomic E-state index is 10.7. The summed E-state index contributed by atoms with van der Waals surface area (Å²) in [5.41, 5.74) is 5.55. The highest BCUT2D eigenvalue weighted by Crippen LogP contribution is 2.21. The van der Waals surface area contributed by atoms with E-state index in [1.54, 1.807) is 0 Å². The smallest absolute Gasteiger partial charge is 0.321 e. The molecule has 1 heterocycles.